The van der Waals surface area contributed by atoms with Gasteiger partial charge in [0.2, 0.25) is 0 Å². The zero-order chi connectivity index (χ0) is 12.0. The maximum absolute atomic E-state index is 11.7. The number of anilines is 1. The van der Waals surface area contributed by atoms with Gasteiger partial charge in [-0.25, -0.2) is 0 Å². The fourth-order valence-corrected chi connectivity index (χ4v) is 1.50. The van der Waals surface area contributed by atoms with Crippen LogP contribution < -0.4 is 11.1 Å². The minimum Gasteiger partial charge on any atom is -0.399 e. The smallest absolute Gasteiger partial charge is 0.252 e. The zero-order valence-corrected chi connectivity index (χ0v) is 9.88. The number of nitrogen functional groups attached to an aromatic ring is 1. The van der Waals surface area contributed by atoms with Gasteiger partial charge in [0, 0.05) is 25.9 Å². The standard InChI is InChI=1S/C11H15ClN2O2/c1-16-6-2-5-14-11(15)9-4-3-8(13)7-10(9)12/h3-4,7H,2,5-6,13H2,1H3,(H,14,15). The van der Waals surface area contributed by atoms with Crippen LogP contribution in [0, 0.1) is 0 Å². The SMILES string of the molecule is COCCCNC(=O)c1ccc(N)cc1Cl. The van der Waals surface area contributed by atoms with E-state index < -0.39 is 0 Å². The number of benzene rings is 1. The van der Waals surface area contributed by atoms with E-state index in [1.54, 1.807) is 25.3 Å². The number of hydrogen-bond acceptors (Lipinski definition) is 3. The number of ether oxygens (including phenoxy) is 1. The molecule has 1 rings (SSSR count). The average molecular weight is 243 g/mol. The minimum absolute atomic E-state index is 0.193. The van der Waals surface area contributed by atoms with E-state index in [0.717, 1.165) is 6.42 Å². The van der Waals surface area contributed by atoms with E-state index in [0.29, 0.717) is 29.4 Å². The van der Waals surface area contributed by atoms with E-state index in [2.05, 4.69) is 5.32 Å². The van der Waals surface area contributed by atoms with Crippen molar-refractivity contribution in [3.8, 4) is 0 Å². The van der Waals surface area contributed by atoms with Gasteiger partial charge in [-0.05, 0) is 24.6 Å². The maximum Gasteiger partial charge on any atom is 0.252 e. The Morgan fingerprint density at radius 2 is 2.31 bits per heavy atom. The van der Waals surface area contributed by atoms with Crippen LogP contribution in [0.15, 0.2) is 18.2 Å². The molecule has 0 unspecified atom stereocenters. The molecule has 0 heterocycles. The fourth-order valence-electron chi connectivity index (χ4n) is 1.23. The van der Waals surface area contributed by atoms with Gasteiger partial charge in [0.05, 0.1) is 10.6 Å². The molecule has 0 fully saturated rings. The minimum atomic E-state index is -0.193. The zero-order valence-electron chi connectivity index (χ0n) is 9.13. The van der Waals surface area contributed by atoms with Crippen LogP contribution >= 0.6 is 11.6 Å². The molecule has 5 heteroatoms. The molecule has 0 bridgehead atoms. The van der Waals surface area contributed by atoms with E-state index in [9.17, 15) is 4.79 Å². The monoisotopic (exact) mass is 242 g/mol. The lowest BCUT2D eigenvalue weighted by Crippen LogP contribution is -2.25. The average Bonchev–Trinajstić information content (AvgIpc) is 2.24. The van der Waals surface area contributed by atoms with Crippen molar-refractivity contribution in [1.82, 2.24) is 5.32 Å². The van der Waals surface area contributed by atoms with Gasteiger partial charge in [-0.3, -0.25) is 4.79 Å². The molecule has 88 valence electrons. The molecule has 0 aliphatic rings. The van der Waals surface area contributed by atoms with Crippen LogP contribution in [-0.4, -0.2) is 26.2 Å². The lowest BCUT2D eigenvalue weighted by molar-refractivity contribution is 0.0949. The molecule has 0 aliphatic heterocycles. The van der Waals surface area contributed by atoms with Crippen molar-refractivity contribution >= 4 is 23.2 Å². The summed E-state index contributed by atoms with van der Waals surface area (Å²) in [6, 6.07) is 4.82. The van der Waals surface area contributed by atoms with E-state index >= 15 is 0 Å². The van der Waals surface area contributed by atoms with Gasteiger partial charge in [0.25, 0.3) is 5.91 Å². The molecular formula is C11H15ClN2O2. The van der Waals surface area contributed by atoms with Gasteiger partial charge < -0.3 is 15.8 Å². The molecule has 0 atom stereocenters. The molecule has 4 nitrogen and oxygen atoms in total. The molecule has 16 heavy (non-hydrogen) atoms. The third-order valence-corrected chi connectivity index (χ3v) is 2.36. The summed E-state index contributed by atoms with van der Waals surface area (Å²) >= 11 is 5.90. The predicted octanol–water partition coefficient (Wildman–Crippen LogP) is 1.69. The van der Waals surface area contributed by atoms with Gasteiger partial charge in [-0.15, -0.1) is 0 Å². The topological polar surface area (TPSA) is 64.3 Å². The summed E-state index contributed by atoms with van der Waals surface area (Å²) < 4.78 is 4.87. The van der Waals surface area contributed by atoms with E-state index in [4.69, 9.17) is 22.1 Å². The molecule has 0 aromatic heterocycles. The summed E-state index contributed by atoms with van der Waals surface area (Å²) in [7, 11) is 1.62. The Bertz CT molecular complexity index is 369. The number of nitrogens with one attached hydrogen (secondary N) is 1. The Labute approximate surface area is 99.7 Å². The van der Waals surface area contributed by atoms with Gasteiger partial charge in [-0.1, -0.05) is 11.6 Å². The van der Waals surface area contributed by atoms with Crippen LogP contribution in [0.5, 0.6) is 0 Å². The first kappa shape index (κ1) is 12.8. The second-order valence-electron chi connectivity index (χ2n) is 3.34. The Morgan fingerprint density at radius 3 is 2.94 bits per heavy atom. The van der Waals surface area contributed by atoms with Crippen molar-refractivity contribution in [2.24, 2.45) is 0 Å². The third kappa shape index (κ3) is 3.72. The van der Waals surface area contributed by atoms with E-state index in [-0.39, 0.29) is 5.91 Å². The Balaban J connectivity index is 2.53. The molecule has 0 aliphatic carbocycles. The highest BCUT2D eigenvalue weighted by molar-refractivity contribution is 6.34. The Morgan fingerprint density at radius 1 is 1.56 bits per heavy atom. The van der Waals surface area contributed by atoms with Crippen LogP contribution in [0.1, 0.15) is 16.8 Å². The highest BCUT2D eigenvalue weighted by atomic mass is 35.5. The first-order valence-corrected chi connectivity index (χ1v) is 5.35. The number of halogens is 1. The first-order chi connectivity index (χ1) is 7.65. The van der Waals surface area contributed by atoms with Gasteiger partial charge in [0.15, 0.2) is 0 Å². The largest absolute Gasteiger partial charge is 0.399 e. The molecule has 0 saturated heterocycles. The van der Waals surface area contributed by atoms with Crippen molar-refractivity contribution in [2.75, 3.05) is 26.0 Å². The molecule has 1 aromatic carbocycles. The molecule has 0 spiro atoms. The van der Waals surface area contributed by atoms with Crippen molar-refractivity contribution in [3.63, 3.8) is 0 Å². The molecule has 3 N–H and O–H groups in total. The lowest BCUT2D eigenvalue weighted by Gasteiger charge is -2.06. The molecule has 1 amide bonds. The van der Waals surface area contributed by atoms with Crippen molar-refractivity contribution in [3.05, 3.63) is 28.8 Å². The van der Waals surface area contributed by atoms with Crippen LogP contribution in [0.4, 0.5) is 5.69 Å². The number of methoxy groups -OCH3 is 1. The van der Waals surface area contributed by atoms with Crippen LogP contribution in [-0.2, 0) is 4.74 Å². The van der Waals surface area contributed by atoms with Crippen LogP contribution in [0.2, 0.25) is 5.02 Å². The number of amides is 1. The Kier molecular flexibility index (Phi) is 5.08. The maximum atomic E-state index is 11.7. The quantitative estimate of drug-likeness (QED) is 0.610. The van der Waals surface area contributed by atoms with Gasteiger partial charge in [-0.2, -0.15) is 0 Å². The molecule has 1 aromatic rings. The van der Waals surface area contributed by atoms with Crippen LogP contribution in [0.25, 0.3) is 0 Å². The summed E-state index contributed by atoms with van der Waals surface area (Å²) in [6.07, 6.45) is 0.773. The fraction of sp³-hybridized carbons (Fsp3) is 0.364. The highest BCUT2D eigenvalue weighted by Gasteiger charge is 2.09. The normalized spacial score (nSPS) is 10.1. The lowest BCUT2D eigenvalue weighted by atomic mass is 10.2. The number of carbonyl (C=O) groups excluding carboxylic acids is 1. The second kappa shape index (κ2) is 6.35. The molecular weight excluding hydrogens is 228 g/mol. The van der Waals surface area contributed by atoms with Gasteiger partial charge >= 0.3 is 0 Å². The van der Waals surface area contributed by atoms with Crippen molar-refractivity contribution < 1.29 is 9.53 Å². The van der Waals surface area contributed by atoms with E-state index in [1.165, 1.54) is 0 Å². The highest BCUT2D eigenvalue weighted by Crippen LogP contribution is 2.18. The third-order valence-electron chi connectivity index (χ3n) is 2.05. The molecule has 0 radical (unpaired) electrons. The van der Waals surface area contributed by atoms with Crippen molar-refractivity contribution in [2.45, 2.75) is 6.42 Å². The van der Waals surface area contributed by atoms with Gasteiger partial charge in [0.1, 0.15) is 0 Å². The van der Waals surface area contributed by atoms with Crippen LogP contribution in [0.3, 0.4) is 0 Å². The summed E-state index contributed by atoms with van der Waals surface area (Å²) in [4.78, 5) is 11.7. The number of hydrogen-bond donors (Lipinski definition) is 2. The summed E-state index contributed by atoms with van der Waals surface area (Å²) in [6.45, 7) is 1.18. The second-order valence-corrected chi connectivity index (χ2v) is 3.75. The van der Waals surface area contributed by atoms with Crippen molar-refractivity contribution in [1.29, 1.82) is 0 Å². The number of carbonyl (C=O) groups is 1. The summed E-state index contributed by atoms with van der Waals surface area (Å²) in [5.41, 5.74) is 6.52. The number of nitrogens with two attached hydrogens (primary N) is 1. The van der Waals surface area contributed by atoms with E-state index in [1.807, 2.05) is 0 Å². The molecule has 0 saturated carbocycles. The Hall–Kier alpha value is -1.26. The summed E-state index contributed by atoms with van der Waals surface area (Å²) in [5, 5.41) is 3.11. The summed E-state index contributed by atoms with van der Waals surface area (Å²) in [5.74, 6) is -0.193. The predicted molar refractivity (Wildman–Crippen MR) is 64.7 cm³/mol. The first-order valence-electron chi connectivity index (χ1n) is 4.97. The number of rotatable bonds is 5.